The number of fused-ring (bicyclic) bond motifs is 1. The Kier molecular flexibility index (Phi) is 6.41. The fourth-order valence-electron chi connectivity index (χ4n) is 4.37. The van der Waals surface area contributed by atoms with Crippen LogP contribution >= 0.6 is 0 Å². The van der Waals surface area contributed by atoms with Gasteiger partial charge in [0.25, 0.3) is 5.91 Å². The minimum absolute atomic E-state index is 0.0868. The molecule has 36 heavy (non-hydrogen) atoms. The predicted octanol–water partition coefficient (Wildman–Crippen LogP) is 3.58. The average molecular weight is 485 g/mol. The number of ether oxygens (including phenoxy) is 1. The van der Waals surface area contributed by atoms with Crippen molar-refractivity contribution in [1.29, 1.82) is 0 Å². The van der Waals surface area contributed by atoms with Crippen LogP contribution < -0.4 is 15.4 Å². The smallest absolute Gasteiger partial charge is 0.255 e. The van der Waals surface area contributed by atoms with Crippen LogP contribution in [0.3, 0.4) is 0 Å². The maximum atomic E-state index is 13.0. The summed E-state index contributed by atoms with van der Waals surface area (Å²) in [5.41, 5.74) is 4.18. The molecular formula is C28H28N4O4. The zero-order valence-corrected chi connectivity index (χ0v) is 20.3. The topological polar surface area (TPSA) is 101 Å². The molecule has 2 aromatic carbocycles. The van der Waals surface area contributed by atoms with Crippen molar-refractivity contribution >= 4 is 17.7 Å². The van der Waals surface area contributed by atoms with Gasteiger partial charge in [-0.15, -0.1) is 0 Å². The number of aryl methyl sites for hydroxylation is 2. The van der Waals surface area contributed by atoms with Gasteiger partial charge in [0.05, 0.1) is 6.54 Å². The van der Waals surface area contributed by atoms with E-state index in [1.54, 1.807) is 35.4 Å². The third-order valence-corrected chi connectivity index (χ3v) is 6.46. The average Bonchev–Trinajstić information content (AvgIpc) is 3.68. The Morgan fingerprint density at radius 1 is 1.06 bits per heavy atom. The van der Waals surface area contributed by atoms with Crippen LogP contribution in [0, 0.1) is 13.8 Å². The molecule has 0 spiro atoms. The number of hydrogen-bond donors (Lipinski definition) is 2. The summed E-state index contributed by atoms with van der Waals surface area (Å²) in [5, 5.41) is 5.49. The molecule has 2 heterocycles. The third-order valence-electron chi connectivity index (χ3n) is 6.46. The summed E-state index contributed by atoms with van der Waals surface area (Å²) >= 11 is 0. The predicted molar refractivity (Wildman–Crippen MR) is 133 cm³/mol. The van der Waals surface area contributed by atoms with Gasteiger partial charge in [-0.2, -0.15) is 0 Å². The molecule has 1 aliphatic carbocycles. The molecule has 8 nitrogen and oxygen atoms in total. The lowest BCUT2D eigenvalue weighted by Crippen LogP contribution is -2.43. The van der Waals surface area contributed by atoms with Gasteiger partial charge in [-0.3, -0.25) is 14.4 Å². The Morgan fingerprint density at radius 2 is 1.86 bits per heavy atom. The number of carbonyl (C=O) groups excluding carboxylic acids is 3. The second-order valence-electron chi connectivity index (χ2n) is 9.30. The van der Waals surface area contributed by atoms with Crippen LogP contribution in [0.2, 0.25) is 0 Å². The van der Waals surface area contributed by atoms with Gasteiger partial charge in [-0.05, 0) is 61.1 Å². The molecule has 8 heteroatoms. The van der Waals surface area contributed by atoms with Gasteiger partial charge in [-0.25, -0.2) is 4.98 Å². The quantitative estimate of drug-likeness (QED) is 0.509. The van der Waals surface area contributed by atoms with Crippen molar-refractivity contribution < 1.29 is 19.1 Å². The number of aromatic nitrogens is 1. The number of rotatable bonds is 8. The van der Waals surface area contributed by atoms with Gasteiger partial charge in [0.2, 0.25) is 17.7 Å². The number of nitrogens with zero attached hydrogens (tertiary/aromatic N) is 2. The Hall–Kier alpha value is -4.20. The number of nitrogens with one attached hydrogen (secondary N) is 2. The van der Waals surface area contributed by atoms with Crippen LogP contribution in [0.4, 0.5) is 0 Å². The van der Waals surface area contributed by atoms with Crippen molar-refractivity contribution in [2.75, 3.05) is 6.54 Å². The summed E-state index contributed by atoms with van der Waals surface area (Å²) in [5.74, 6) is 0.443. The molecule has 0 radical (unpaired) electrons. The van der Waals surface area contributed by atoms with Crippen molar-refractivity contribution in [2.45, 2.75) is 45.3 Å². The minimum atomic E-state index is -0.692. The molecular weight excluding hydrogens is 456 g/mol. The van der Waals surface area contributed by atoms with Gasteiger partial charge in [0.15, 0.2) is 0 Å². The molecule has 0 bridgehead atoms. The molecule has 1 saturated carbocycles. The summed E-state index contributed by atoms with van der Waals surface area (Å²) in [6.07, 6.45) is 3.44. The second-order valence-corrected chi connectivity index (χ2v) is 9.30. The van der Waals surface area contributed by atoms with E-state index in [4.69, 9.17) is 4.74 Å². The van der Waals surface area contributed by atoms with Gasteiger partial charge >= 0.3 is 0 Å². The molecule has 1 aromatic heterocycles. The van der Waals surface area contributed by atoms with Crippen molar-refractivity contribution in [3.05, 3.63) is 88.6 Å². The Bertz CT molecular complexity index is 1320. The summed E-state index contributed by atoms with van der Waals surface area (Å²) in [4.78, 5) is 44.2. The molecule has 184 valence electrons. The highest BCUT2D eigenvalue weighted by atomic mass is 16.5. The summed E-state index contributed by atoms with van der Waals surface area (Å²) in [7, 11) is 0. The fourth-order valence-corrected chi connectivity index (χ4v) is 4.37. The maximum Gasteiger partial charge on any atom is 0.255 e. The highest BCUT2D eigenvalue weighted by molar-refractivity contribution is 6.05. The number of pyridine rings is 1. The van der Waals surface area contributed by atoms with E-state index in [2.05, 4.69) is 15.6 Å². The van der Waals surface area contributed by atoms with E-state index in [0.29, 0.717) is 17.0 Å². The van der Waals surface area contributed by atoms with E-state index in [9.17, 15) is 14.4 Å². The zero-order chi connectivity index (χ0) is 25.2. The van der Waals surface area contributed by atoms with Crippen molar-refractivity contribution in [3.8, 4) is 11.6 Å². The fraction of sp³-hybridized carbons (Fsp3) is 0.286. The largest absolute Gasteiger partial charge is 0.439 e. The molecule has 2 aliphatic rings. The lowest BCUT2D eigenvalue weighted by Gasteiger charge is -2.24. The first-order valence-electron chi connectivity index (χ1n) is 12.1. The number of carbonyl (C=O) groups is 3. The molecule has 0 saturated heterocycles. The molecule has 3 amide bonds. The molecule has 1 atom stereocenters. The first-order valence-corrected chi connectivity index (χ1v) is 12.1. The highest BCUT2D eigenvalue weighted by Gasteiger charge is 2.47. The van der Waals surface area contributed by atoms with Crippen molar-refractivity contribution in [1.82, 2.24) is 20.5 Å². The van der Waals surface area contributed by atoms with Crippen LogP contribution in [0.1, 0.15) is 51.5 Å². The Balaban J connectivity index is 1.13. The SMILES string of the molecule is Cc1ccc(C)c(Oc2ccc(CNC(=O)CNC(=O)C3c4ccccc4C(=O)N3C3CC3)cn2)c1. The van der Waals surface area contributed by atoms with Crippen LogP contribution in [0.15, 0.2) is 60.8 Å². The van der Waals surface area contributed by atoms with Gasteiger partial charge < -0.3 is 20.3 Å². The molecule has 2 N–H and O–H groups in total. The molecule has 1 aliphatic heterocycles. The molecule has 1 unspecified atom stereocenters. The normalized spacial score (nSPS) is 16.4. The van der Waals surface area contributed by atoms with E-state index in [1.165, 1.54) is 0 Å². The lowest BCUT2D eigenvalue weighted by molar-refractivity contribution is -0.129. The van der Waals surface area contributed by atoms with Crippen LogP contribution in [0.5, 0.6) is 11.6 Å². The highest BCUT2D eigenvalue weighted by Crippen LogP contribution is 2.41. The van der Waals surface area contributed by atoms with E-state index in [0.717, 1.165) is 35.3 Å². The second kappa shape index (κ2) is 9.81. The molecule has 1 fully saturated rings. The van der Waals surface area contributed by atoms with E-state index in [1.807, 2.05) is 44.2 Å². The number of hydrogen-bond acceptors (Lipinski definition) is 5. The van der Waals surface area contributed by atoms with Crippen molar-refractivity contribution in [3.63, 3.8) is 0 Å². The van der Waals surface area contributed by atoms with Crippen LogP contribution in [-0.2, 0) is 16.1 Å². The summed E-state index contributed by atoms with van der Waals surface area (Å²) < 4.78 is 5.87. The van der Waals surface area contributed by atoms with E-state index < -0.39 is 6.04 Å². The zero-order valence-electron chi connectivity index (χ0n) is 20.3. The number of amides is 3. The van der Waals surface area contributed by atoms with E-state index in [-0.39, 0.29) is 36.9 Å². The van der Waals surface area contributed by atoms with Gasteiger partial charge in [-0.1, -0.05) is 36.4 Å². The van der Waals surface area contributed by atoms with Crippen LogP contribution in [-0.4, -0.2) is 40.2 Å². The minimum Gasteiger partial charge on any atom is -0.439 e. The van der Waals surface area contributed by atoms with E-state index >= 15 is 0 Å². The third kappa shape index (κ3) is 4.93. The lowest BCUT2D eigenvalue weighted by atomic mass is 10.0. The standard InChI is InChI=1S/C28H28N4O4/c1-17-7-8-18(2)23(13-17)36-25-12-9-19(15-30-25)14-29-24(33)16-31-27(34)26-21-5-3-4-6-22(21)28(35)32(26)20-10-11-20/h3-9,12-13,15,20,26H,10-11,14,16H2,1-2H3,(H,29,33)(H,31,34). The number of benzene rings is 2. The van der Waals surface area contributed by atoms with Gasteiger partial charge in [0.1, 0.15) is 11.8 Å². The molecule has 5 rings (SSSR count). The Morgan fingerprint density at radius 3 is 2.61 bits per heavy atom. The Labute approximate surface area is 209 Å². The van der Waals surface area contributed by atoms with Gasteiger partial charge in [0, 0.05) is 30.4 Å². The first-order chi connectivity index (χ1) is 17.4. The maximum absolute atomic E-state index is 13.0. The summed E-state index contributed by atoms with van der Waals surface area (Å²) in [6.45, 7) is 4.07. The first kappa shape index (κ1) is 23.5. The van der Waals surface area contributed by atoms with Crippen LogP contribution in [0.25, 0.3) is 0 Å². The van der Waals surface area contributed by atoms with Crippen molar-refractivity contribution in [2.24, 2.45) is 0 Å². The molecule has 3 aromatic rings. The summed E-state index contributed by atoms with van der Waals surface area (Å²) in [6, 6.07) is 16.1. The monoisotopic (exact) mass is 484 g/mol.